The van der Waals surface area contributed by atoms with Gasteiger partial charge in [0.25, 0.3) is 0 Å². The van der Waals surface area contributed by atoms with Gasteiger partial charge < -0.3 is 19.7 Å². The Balaban J connectivity index is 1.69. The Hall–Kier alpha value is -3.96. The molecular formula is C29H25Cl2F3N4O4. The van der Waals surface area contributed by atoms with E-state index < -0.39 is 30.9 Å². The van der Waals surface area contributed by atoms with Crippen molar-refractivity contribution < 1.29 is 32.2 Å². The Morgan fingerprint density at radius 3 is 2.26 bits per heavy atom. The van der Waals surface area contributed by atoms with Crippen molar-refractivity contribution in [1.82, 2.24) is 15.1 Å². The minimum Gasteiger partial charge on any atom is -0.497 e. The van der Waals surface area contributed by atoms with Gasteiger partial charge in [-0.1, -0.05) is 47.5 Å². The molecule has 2 aliphatic rings. The van der Waals surface area contributed by atoms with Crippen molar-refractivity contribution in [3.05, 3.63) is 93.5 Å². The summed E-state index contributed by atoms with van der Waals surface area (Å²) in [6.07, 6.45) is -4.62. The standard InChI is InChI=1S/C29H25Cl2F3N4O4/c1-41-21-10-11-22(23(14-21)42-16-29(32,33)34)27-36-25(17-2-6-19(30)7-3-17)26(18-4-8-20(31)9-5-18)38(27)28(40)37-13-12-35-24(39)15-37/h2-11,14,25-26H,12-13,15-16H2,1H3,(H,35,39)/t25-,26+/m1/s1. The highest BCUT2D eigenvalue weighted by atomic mass is 35.5. The molecule has 3 aromatic rings. The van der Waals surface area contributed by atoms with Crippen LogP contribution in [-0.4, -0.2) is 67.1 Å². The molecule has 3 amide bonds. The molecule has 3 aromatic carbocycles. The molecule has 8 nitrogen and oxygen atoms in total. The smallest absolute Gasteiger partial charge is 0.422 e. The predicted octanol–water partition coefficient (Wildman–Crippen LogP) is 6.04. The molecule has 0 spiro atoms. The van der Waals surface area contributed by atoms with Gasteiger partial charge in [-0.25, -0.2) is 4.79 Å². The number of nitrogens with one attached hydrogen (secondary N) is 1. The summed E-state index contributed by atoms with van der Waals surface area (Å²) in [4.78, 5) is 34.2. The summed E-state index contributed by atoms with van der Waals surface area (Å²) in [5.41, 5.74) is 1.51. The molecule has 0 unspecified atom stereocenters. The van der Waals surface area contributed by atoms with Gasteiger partial charge in [-0.2, -0.15) is 13.2 Å². The maximum absolute atomic E-state index is 14.3. The van der Waals surface area contributed by atoms with E-state index in [1.807, 2.05) is 0 Å². The zero-order valence-electron chi connectivity index (χ0n) is 22.2. The van der Waals surface area contributed by atoms with Crippen molar-refractivity contribution in [3.63, 3.8) is 0 Å². The van der Waals surface area contributed by atoms with Crippen LogP contribution in [0.15, 0.2) is 71.7 Å². The van der Waals surface area contributed by atoms with E-state index in [4.69, 9.17) is 37.7 Å². The first kappa shape index (κ1) is 29.5. The van der Waals surface area contributed by atoms with E-state index in [0.29, 0.717) is 21.2 Å². The SMILES string of the molecule is COc1ccc(C2=N[C@H](c3ccc(Cl)cc3)[C@H](c3ccc(Cl)cc3)N2C(=O)N2CCNC(=O)C2)c(OCC(F)(F)F)c1. The summed E-state index contributed by atoms with van der Waals surface area (Å²) < 4.78 is 50.1. The minimum absolute atomic E-state index is 0.0747. The number of halogens is 5. The number of benzene rings is 3. The fourth-order valence-corrected chi connectivity index (χ4v) is 5.15. The van der Waals surface area contributed by atoms with Crippen LogP contribution < -0.4 is 14.8 Å². The molecule has 1 fully saturated rings. The third kappa shape index (κ3) is 6.42. The van der Waals surface area contributed by atoms with Gasteiger partial charge in [-0.15, -0.1) is 0 Å². The number of amides is 3. The second-order valence-electron chi connectivity index (χ2n) is 9.64. The van der Waals surface area contributed by atoms with Gasteiger partial charge >= 0.3 is 12.2 Å². The van der Waals surface area contributed by atoms with Gasteiger partial charge in [-0.05, 0) is 47.5 Å². The van der Waals surface area contributed by atoms with Gasteiger partial charge in [0.15, 0.2) is 6.61 Å². The van der Waals surface area contributed by atoms with E-state index in [0.717, 1.165) is 0 Å². The highest BCUT2D eigenvalue weighted by molar-refractivity contribution is 6.30. The molecular weight excluding hydrogens is 596 g/mol. The second-order valence-corrected chi connectivity index (χ2v) is 10.5. The van der Waals surface area contributed by atoms with Crippen LogP contribution in [0.3, 0.4) is 0 Å². The van der Waals surface area contributed by atoms with Gasteiger partial charge in [0.2, 0.25) is 5.91 Å². The van der Waals surface area contributed by atoms with Crippen molar-refractivity contribution in [2.45, 2.75) is 18.3 Å². The molecule has 0 aromatic heterocycles. The number of urea groups is 1. The van der Waals surface area contributed by atoms with Crippen LogP contribution in [-0.2, 0) is 4.79 Å². The van der Waals surface area contributed by atoms with E-state index in [2.05, 4.69) is 5.32 Å². The molecule has 220 valence electrons. The third-order valence-electron chi connectivity index (χ3n) is 6.83. The van der Waals surface area contributed by atoms with E-state index in [-0.39, 0.29) is 48.4 Å². The molecule has 0 radical (unpaired) electrons. The van der Waals surface area contributed by atoms with Crippen molar-refractivity contribution in [3.8, 4) is 11.5 Å². The summed E-state index contributed by atoms with van der Waals surface area (Å²) in [6, 6.07) is 16.1. The first-order valence-electron chi connectivity index (χ1n) is 12.9. The molecule has 5 rings (SSSR count). The number of nitrogens with zero attached hydrogens (tertiary/aromatic N) is 3. The third-order valence-corrected chi connectivity index (χ3v) is 7.33. The Morgan fingerprint density at radius 2 is 1.67 bits per heavy atom. The van der Waals surface area contributed by atoms with E-state index in [1.54, 1.807) is 54.6 Å². The number of carbonyl (C=O) groups excluding carboxylic acids is 2. The number of ether oxygens (including phenoxy) is 2. The highest BCUT2D eigenvalue weighted by Gasteiger charge is 2.45. The number of hydrogen-bond acceptors (Lipinski definition) is 5. The predicted molar refractivity (Wildman–Crippen MR) is 151 cm³/mol. The number of amidine groups is 1. The van der Waals surface area contributed by atoms with Crippen molar-refractivity contribution in [2.24, 2.45) is 4.99 Å². The van der Waals surface area contributed by atoms with Crippen LogP contribution >= 0.6 is 23.2 Å². The normalized spacial score (nSPS) is 18.9. The monoisotopic (exact) mass is 620 g/mol. The maximum Gasteiger partial charge on any atom is 0.422 e. The summed E-state index contributed by atoms with van der Waals surface area (Å²) in [6.45, 7) is -1.28. The van der Waals surface area contributed by atoms with E-state index >= 15 is 0 Å². The van der Waals surface area contributed by atoms with Crippen LogP contribution in [0.2, 0.25) is 10.0 Å². The summed E-state index contributed by atoms with van der Waals surface area (Å²) in [5, 5.41) is 3.66. The Kier molecular flexibility index (Phi) is 8.51. The molecule has 13 heteroatoms. The average molecular weight is 621 g/mol. The lowest BCUT2D eigenvalue weighted by Gasteiger charge is -2.35. The fourth-order valence-electron chi connectivity index (χ4n) is 4.90. The number of rotatable bonds is 6. The molecule has 0 saturated carbocycles. The fraction of sp³-hybridized carbons (Fsp3) is 0.276. The average Bonchev–Trinajstić information content (AvgIpc) is 3.36. The second kappa shape index (κ2) is 12.1. The van der Waals surface area contributed by atoms with Crippen LogP contribution in [0.4, 0.5) is 18.0 Å². The van der Waals surface area contributed by atoms with Crippen molar-refractivity contribution in [2.75, 3.05) is 33.4 Å². The van der Waals surface area contributed by atoms with Gasteiger partial charge in [0.05, 0.1) is 18.7 Å². The topological polar surface area (TPSA) is 83.5 Å². The summed E-state index contributed by atoms with van der Waals surface area (Å²) in [7, 11) is 1.37. The highest BCUT2D eigenvalue weighted by Crippen LogP contribution is 2.46. The molecule has 1 N–H and O–H groups in total. The van der Waals surface area contributed by atoms with Crippen molar-refractivity contribution in [1.29, 1.82) is 0 Å². The maximum atomic E-state index is 14.3. The molecule has 0 aliphatic carbocycles. The first-order chi connectivity index (χ1) is 20.0. The molecule has 1 saturated heterocycles. The number of carbonyl (C=O) groups is 2. The lowest BCUT2D eigenvalue weighted by molar-refractivity contribution is -0.153. The Labute approximate surface area is 249 Å². The molecule has 2 aliphatic heterocycles. The van der Waals surface area contributed by atoms with Gasteiger partial charge in [0.1, 0.15) is 29.9 Å². The zero-order valence-corrected chi connectivity index (χ0v) is 23.7. The van der Waals surface area contributed by atoms with Crippen molar-refractivity contribution >= 4 is 41.0 Å². The largest absolute Gasteiger partial charge is 0.497 e. The number of methoxy groups -OCH3 is 1. The van der Waals surface area contributed by atoms with Gasteiger partial charge in [-0.3, -0.25) is 14.7 Å². The first-order valence-corrected chi connectivity index (χ1v) is 13.6. The summed E-state index contributed by atoms with van der Waals surface area (Å²) in [5.74, 6) is -0.177. The number of alkyl halides is 3. The number of aliphatic imine (C=N–C) groups is 1. The Morgan fingerprint density at radius 1 is 1.02 bits per heavy atom. The summed E-state index contributed by atoms with van der Waals surface area (Å²) >= 11 is 12.3. The van der Waals surface area contributed by atoms with E-state index in [1.165, 1.54) is 29.0 Å². The zero-order chi connectivity index (χ0) is 30.0. The van der Waals surface area contributed by atoms with Crippen LogP contribution in [0.1, 0.15) is 28.8 Å². The van der Waals surface area contributed by atoms with Crippen LogP contribution in [0.25, 0.3) is 0 Å². The van der Waals surface area contributed by atoms with Crippen LogP contribution in [0, 0.1) is 0 Å². The Bertz CT molecular complexity index is 1500. The molecule has 2 atom stereocenters. The quantitative estimate of drug-likeness (QED) is 0.364. The molecule has 0 bridgehead atoms. The minimum atomic E-state index is -4.62. The van der Waals surface area contributed by atoms with E-state index in [9.17, 15) is 22.8 Å². The number of piperazine rings is 1. The van der Waals surface area contributed by atoms with Crippen LogP contribution in [0.5, 0.6) is 11.5 Å². The molecule has 2 heterocycles. The molecule has 42 heavy (non-hydrogen) atoms. The van der Waals surface area contributed by atoms with Gasteiger partial charge in [0, 0.05) is 29.2 Å². The lowest BCUT2D eigenvalue weighted by Crippen LogP contribution is -2.55. The number of hydrogen-bond donors (Lipinski definition) is 1. The lowest BCUT2D eigenvalue weighted by atomic mass is 9.93.